The van der Waals surface area contributed by atoms with Crippen molar-refractivity contribution in [3.63, 3.8) is 0 Å². The Kier molecular flexibility index (Phi) is 6.37. The molecular weight excluding hydrogens is 360 g/mol. The zero-order valence-corrected chi connectivity index (χ0v) is 16.1. The molecule has 0 aliphatic carbocycles. The van der Waals surface area contributed by atoms with Gasteiger partial charge in [-0.2, -0.15) is 0 Å². The Labute approximate surface area is 164 Å². The third-order valence-electron chi connectivity index (χ3n) is 4.49. The maximum atomic E-state index is 12.1. The fourth-order valence-corrected chi connectivity index (χ4v) is 3.01. The molecule has 1 aliphatic heterocycles. The van der Waals surface area contributed by atoms with E-state index in [-0.39, 0.29) is 18.4 Å². The molecule has 1 N–H and O–H groups in total. The summed E-state index contributed by atoms with van der Waals surface area (Å²) in [4.78, 5) is 25.6. The van der Waals surface area contributed by atoms with Crippen LogP contribution in [0.25, 0.3) is 0 Å². The van der Waals surface area contributed by atoms with E-state index >= 15 is 0 Å². The quantitative estimate of drug-likeness (QED) is 0.757. The summed E-state index contributed by atoms with van der Waals surface area (Å²) >= 11 is 0. The van der Waals surface area contributed by atoms with E-state index in [0.717, 1.165) is 24.2 Å². The van der Waals surface area contributed by atoms with Gasteiger partial charge in [-0.3, -0.25) is 9.59 Å². The van der Waals surface area contributed by atoms with Gasteiger partial charge >= 0.3 is 0 Å². The highest BCUT2D eigenvalue weighted by atomic mass is 16.5. The molecule has 2 aromatic rings. The molecule has 0 atom stereocenters. The smallest absolute Gasteiger partial charge is 0.258 e. The van der Waals surface area contributed by atoms with Gasteiger partial charge in [0, 0.05) is 31.3 Å². The zero-order chi connectivity index (χ0) is 19.9. The van der Waals surface area contributed by atoms with Crippen LogP contribution in [-0.4, -0.2) is 39.2 Å². The summed E-state index contributed by atoms with van der Waals surface area (Å²) in [6.45, 7) is 0.991. The van der Waals surface area contributed by atoms with Gasteiger partial charge in [-0.15, -0.1) is 0 Å². The minimum absolute atomic E-state index is 0.0942. The number of carbonyl (C=O) groups is 2. The van der Waals surface area contributed by atoms with Crippen molar-refractivity contribution >= 4 is 17.5 Å². The lowest BCUT2D eigenvalue weighted by Crippen LogP contribution is -2.28. The average Bonchev–Trinajstić information content (AvgIpc) is 3.16. The Bertz CT molecular complexity index is 813. The Balaban J connectivity index is 1.48. The summed E-state index contributed by atoms with van der Waals surface area (Å²) in [6.07, 6.45) is 1.48. The Morgan fingerprint density at radius 3 is 2.29 bits per heavy atom. The first-order valence-electron chi connectivity index (χ1n) is 9.11. The van der Waals surface area contributed by atoms with Gasteiger partial charge in [-0.25, -0.2) is 0 Å². The van der Waals surface area contributed by atoms with Crippen LogP contribution in [0.4, 0.5) is 5.69 Å². The lowest BCUT2D eigenvalue weighted by molar-refractivity contribution is -0.123. The van der Waals surface area contributed by atoms with Crippen molar-refractivity contribution in [2.45, 2.75) is 19.4 Å². The number of hydrogen-bond donors (Lipinski definition) is 1. The van der Waals surface area contributed by atoms with Crippen molar-refractivity contribution < 1.29 is 23.8 Å². The van der Waals surface area contributed by atoms with Crippen molar-refractivity contribution in [1.29, 1.82) is 0 Å². The van der Waals surface area contributed by atoms with Crippen LogP contribution in [0.2, 0.25) is 0 Å². The Morgan fingerprint density at radius 2 is 1.71 bits per heavy atom. The van der Waals surface area contributed by atoms with E-state index in [2.05, 4.69) is 5.32 Å². The molecule has 0 unspecified atom stereocenters. The summed E-state index contributed by atoms with van der Waals surface area (Å²) in [5.74, 6) is 1.81. The molecule has 0 spiro atoms. The molecule has 7 nitrogen and oxygen atoms in total. The SMILES string of the molecule is COc1cc(CNC(=O)COc2ccc(N3CCCC3=O)cc2)cc(OC)c1. The third kappa shape index (κ3) is 4.94. The lowest BCUT2D eigenvalue weighted by Gasteiger charge is -2.16. The number of benzene rings is 2. The van der Waals surface area contributed by atoms with Gasteiger partial charge in [0.25, 0.3) is 5.91 Å². The van der Waals surface area contributed by atoms with Crippen LogP contribution in [0.1, 0.15) is 18.4 Å². The fraction of sp³-hybridized carbons (Fsp3) is 0.333. The molecule has 1 aliphatic rings. The van der Waals surface area contributed by atoms with E-state index in [1.54, 1.807) is 37.3 Å². The number of nitrogens with one attached hydrogen (secondary N) is 1. The van der Waals surface area contributed by atoms with Crippen LogP contribution in [-0.2, 0) is 16.1 Å². The van der Waals surface area contributed by atoms with Crippen molar-refractivity contribution in [2.24, 2.45) is 0 Å². The van der Waals surface area contributed by atoms with Crippen molar-refractivity contribution in [1.82, 2.24) is 5.32 Å². The maximum absolute atomic E-state index is 12.1. The molecule has 2 amide bonds. The molecule has 3 rings (SSSR count). The van der Waals surface area contributed by atoms with E-state index in [4.69, 9.17) is 14.2 Å². The topological polar surface area (TPSA) is 77.1 Å². The summed E-state index contributed by atoms with van der Waals surface area (Å²) in [6, 6.07) is 12.6. The molecule has 0 bridgehead atoms. The number of nitrogens with zero attached hydrogens (tertiary/aromatic N) is 1. The number of amides is 2. The maximum Gasteiger partial charge on any atom is 0.258 e. The standard InChI is InChI=1S/C21H24N2O5/c1-26-18-10-15(11-19(12-18)27-2)13-22-20(24)14-28-17-7-5-16(6-8-17)23-9-3-4-21(23)25/h5-8,10-12H,3-4,9,13-14H2,1-2H3,(H,22,24). The second-order valence-corrected chi connectivity index (χ2v) is 6.43. The predicted octanol–water partition coefficient (Wildman–Crippen LogP) is 2.53. The Morgan fingerprint density at radius 1 is 1.04 bits per heavy atom. The summed E-state index contributed by atoms with van der Waals surface area (Å²) in [7, 11) is 3.16. The van der Waals surface area contributed by atoms with Gasteiger partial charge in [0.2, 0.25) is 5.91 Å². The molecule has 1 heterocycles. The van der Waals surface area contributed by atoms with Gasteiger partial charge in [0.05, 0.1) is 14.2 Å². The van der Waals surface area contributed by atoms with E-state index in [1.807, 2.05) is 24.3 Å². The monoisotopic (exact) mass is 384 g/mol. The molecule has 148 valence electrons. The number of anilines is 1. The third-order valence-corrected chi connectivity index (χ3v) is 4.49. The summed E-state index contributed by atoms with van der Waals surface area (Å²) in [5, 5.41) is 2.81. The Hall–Kier alpha value is -3.22. The molecule has 28 heavy (non-hydrogen) atoms. The molecule has 1 saturated heterocycles. The van der Waals surface area contributed by atoms with Crippen LogP contribution in [0, 0.1) is 0 Å². The van der Waals surface area contributed by atoms with Gasteiger partial charge in [0.15, 0.2) is 6.61 Å². The first kappa shape index (κ1) is 19.5. The first-order chi connectivity index (χ1) is 13.6. The van der Waals surface area contributed by atoms with Crippen LogP contribution < -0.4 is 24.4 Å². The van der Waals surface area contributed by atoms with E-state index < -0.39 is 0 Å². The van der Waals surface area contributed by atoms with Gasteiger partial charge in [0.1, 0.15) is 17.2 Å². The molecule has 0 radical (unpaired) electrons. The van der Waals surface area contributed by atoms with E-state index in [9.17, 15) is 9.59 Å². The average molecular weight is 384 g/mol. The molecule has 1 fully saturated rings. The molecule has 0 saturated carbocycles. The van der Waals surface area contributed by atoms with Crippen molar-refractivity contribution in [3.8, 4) is 17.2 Å². The highest BCUT2D eigenvalue weighted by Crippen LogP contribution is 2.24. The highest BCUT2D eigenvalue weighted by Gasteiger charge is 2.21. The van der Waals surface area contributed by atoms with Gasteiger partial charge in [-0.1, -0.05) is 0 Å². The second kappa shape index (κ2) is 9.12. The predicted molar refractivity (Wildman–Crippen MR) is 105 cm³/mol. The highest BCUT2D eigenvalue weighted by molar-refractivity contribution is 5.95. The minimum Gasteiger partial charge on any atom is -0.497 e. The van der Waals surface area contributed by atoms with Crippen LogP contribution in [0.5, 0.6) is 17.2 Å². The minimum atomic E-state index is -0.236. The number of ether oxygens (including phenoxy) is 3. The van der Waals surface area contributed by atoms with Crippen molar-refractivity contribution in [3.05, 3.63) is 48.0 Å². The summed E-state index contributed by atoms with van der Waals surface area (Å²) in [5.41, 5.74) is 1.72. The first-order valence-corrected chi connectivity index (χ1v) is 9.11. The number of methoxy groups -OCH3 is 2. The number of carbonyl (C=O) groups excluding carboxylic acids is 2. The molecule has 7 heteroatoms. The number of rotatable bonds is 8. The number of hydrogen-bond acceptors (Lipinski definition) is 5. The zero-order valence-electron chi connectivity index (χ0n) is 16.1. The van der Waals surface area contributed by atoms with Crippen molar-refractivity contribution in [2.75, 3.05) is 32.3 Å². The fourth-order valence-electron chi connectivity index (χ4n) is 3.01. The van der Waals surface area contributed by atoms with Gasteiger partial charge < -0.3 is 24.4 Å². The van der Waals surface area contributed by atoms with Crippen LogP contribution in [0.15, 0.2) is 42.5 Å². The van der Waals surface area contributed by atoms with E-state index in [1.165, 1.54) is 0 Å². The normalized spacial score (nSPS) is 13.4. The molecule has 2 aromatic carbocycles. The van der Waals surface area contributed by atoms with Gasteiger partial charge in [-0.05, 0) is 48.4 Å². The van der Waals surface area contributed by atoms with E-state index in [0.29, 0.717) is 30.2 Å². The second-order valence-electron chi connectivity index (χ2n) is 6.43. The summed E-state index contributed by atoms with van der Waals surface area (Å²) < 4.78 is 16.0. The van der Waals surface area contributed by atoms with Crippen LogP contribution in [0.3, 0.4) is 0 Å². The van der Waals surface area contributed by atoms with Crippen LogP contribution >= 0.6 is 0 Å². The largest absolute Gasteiger partial charge is 0.497 e. The molecule has 0 aromatic heterocycles. The lowest BCUT2D eigenvalue weighted by atomic mass is 10.2. The molecular formula is C21H24N2O5.